The fraction of sp³-hybridized carbons (Fsp3) is 0.364. The molecule has 0 saturated heterocycles. The van der Waals surface area contributed by atoms with Gasteiger partial charge in [-0.1, -0.05) is 43.2 Å². The second kappa shape index (κ2) is 9.30. The van der Waals surface area contributed by atoms with Crippen LogP contribution in [0.25, 0.3) is 11.6 Å². The van der Waals surface area contributed by atoms with Gasteiger partial charge in [0.25, 0.3) is 0 Å². The van der Waals surface area contributed by atoms with Crippen LogP contribution in [-0.2, 0) is 4.79 Å². The van der Waals surface area contributed by atoms with Crippen molar-refractivity contribution in [2.24, 2.45) is 0 Å². The van der Waals surface area contributed by atoms with E-state index in [1.54, 1.807) is 30.5 Å². The highest BCUT2D eigenvalue weighted by Gasteiger charge is 2.25. The summed E-state index contributed by atoms with van der Waals surface area (Å²) in [6.45, 7) is 1.51. The summed E-state index contributed by atoms with van der Waals surface area (Å²) in [5.74, 6) is 1.41. The number of carbonyl (C=O) groups excluding carboxylic acids is 2. The summed E-state index contributed by atoms with van der Waals surface area (Å²) < 4.78 is 7.69. The van der Waals surface area contributed by atoms with Gasteiger partial charge in [-0.25, -0.2) is 0 Å². The number of thioether (sulfide) groups is 1. The Morgan fingerprint density at radius 1 is 1.17 bits per heavy atom. The summed E-state index contributed by atoms with van der Waals surface area (Å²) >= 11 is 1.37. The van der Waals surface area contributed by atoms with Crippen molar-refractivity contribution < 1.29 is 14.0 Å². The van der Waals surface area contributed by atoms with Gasteiger partial charge >= 0.3 is 0 Å². The molecule has 30 heavy (non-hydrogen) atoms. The molecule has 0 radical (unpaired) electrons. The largest absolute Gasteiger partial charge is 0.461 e. The number of hydrogen-bond acceptors (Lipinski definition) is 6. The minimum atomic E-state index is -0.154. The van der Waals surface area contributed by atoms with E-state index in [0.717, 1.165) is 18.0 Å². The first-order chi connectivity index (χ1) is 14.6. The van der Waals surface area contributed by atoms with Crippen LogP contribution in [0, 0.1) is 0 Å². The molecule has 1 fully saturated rings. The molecule has 1 amide bonds. The van der Waals surface area contributed by atoms with Crippen molar-refractivity contribution in [3.63, 3.8) is 0 Å². The molecule has 0 spiro atoms. The zero-order chi connectivity index (χ0) is 20.9. The van der Waals surface area contributed by atoms with Crippen LogP contribution in [0.1, 0.15) is 55.4 Å². The van der Waals surface area contributed by atoms with Crippen molar-refractivity contribution in [2.45, 2.75) is 50.2 Å². The zero-order valence-corrected chi connectivity index (χ0v) is 17.7. The van der Waals surface area contributed by atoms with Crippen LogP contribution in [0.15, 0.2) is 52.2 Å². The normalized spacial score (nSPS) is 14.6. The van der Waals surface area contributed by atoms with Crippen LogP contribution in [0.5, 0.6) is 0 Å². The number of ketones is 1. The maximum Gasteiger partial charge on any atom is 0.234 e. The van der Waals surface area contributed by atoms with E-state index >= 15 is 0 Å². The van der Waals surface area contributed by atoms with Crippen molar-refractivity contribution in [3.05, 3.63) is 48.2 Å². The molecule has 2 heterocycles. The molecule has 3 aromatic rings. The number of nitrogens with one attached hydrogen (secondary N) is 1. The number of anilines is 1. The Hall–Kier alpha value is -2.87. The number of carbonyl (C=O) groups is 2. The fourth-order valence-electron chi connectivity index (χ4n) is 3.76. The molecular formula is C22H24N4O3S. The average Bonchev–Trinajstić information content (AvgIpc) is 3.43. The van der Waals surface area contributed by atoms with E-state index in [1.807, 2.05) is 12.1 Å². The van der Waals surface area contributed by atoms with Gasteiger partial charge in [0.1, 0.15) is 0 Å². The molecule has 1 aliphatic carbocycles. The van der Waals surface area contributed by atoms with E-state index in [4.69, 9.17) is 4.42 Å². The maximum absolute atomic E-state index is 12.5. The summed E-state index contributed by atoms with van der Waals surface area (Å²) in [4.78, 5) is 24.0. The lowest BCUT2D eigenvalue weighted by Gasteiger charge is -2.25. The molecule has 7 nitrogen and oxygen atoms in total. The Balaban J connectivity index is 1.48. The van der Waals surface area contributed by atoms with Crippen LogP contribution >= 0.6 is 11.8 Å². The Labute approximate surface area is 179 Å². The molecular weight excluding hydrogens is 400 g/mol. The third kappa shape index (κ3) is 4.64. The number of furan rings is 1. The molecule has 2 aromatic heterocycles. The van der Waals surface area contributed by atoms with Crippen molar-refractivity contribution in [3.8, 4) is 11.6 Å². The van der Waals surface area contributed by atoms with Crippen LogP contribution in [-0.4, -0.2) is 32.2 Å². The molecule has 1 saturated carbocycles. The maximum atomic E-state index is 12.5. The van der Waals surface area contributed by atoms with Crippen molar-refractivity contribution in [2.75, 3.05) is 11.1 Å². The number of aromatic nitrogens is 3. The predicted octanol–water partition coefficient (Wildman–Crippen LogP) is 4.98. The summed E-state index contributed by atoms with van der Waals surface area (Å²) in [7, 11) is 0. The molecule has 8 heteroatoms. The first-order valence-electron chi connectivity index (χ1n) is 10.1. The Morgan fingerprint density at radius 3 is 2.73 bits per heavy atom. The van der Waals surface area contributed by atoms with Crippen LogP contribution < -0.4 is 5.32 Å². The molecule has 1 aromatic carbocycles. The zero-order valence-electron chi connectivity index (χ0n) is 16.8. The second-order valence-electron chi connectivity index (χ2n) is 7.42. The van der Waals surface area contributed by atoms with E-state index in [1.165, 1.54) is 37.9 Å². The third-order valence-corrected chi connectivity index (χ3v) is 6.17. The lowest BCUT2D eigenvalue weighted by molar-refractivity contribution is -0.113. The number of rotatable bonds is 7. The topological polar surface area (TPSA) is 90.0 Å². The molecule has 1 N–H and O–H groups in total. The monoisotopic (exact) mass is 424 g/mol. The van der Waals surface area contributed by atoms with Crippen molar-refractivity contribution in [1.29, 1.82) is 0 Å². The summed E-state index contributed by atoms with van der Waals surface area (Å²) in [5, 5.41) is 12.3. The average molecular weight is 425 g/mol. The molecule has 0 unspecified atom stereocenters. The van der Waals surface area contributed by atoms with Gasteiger partial charge in [0.2, 0.25) is 11.7 Å². The fourth-order valence-corrected chi connectivity index (χ4v) is 4.57. The summed E-state index contributed by atoms with van der Waals surface area (Å²) in [6.07, 6.45) is 7.38. The van der Waals surface area contributed by atoms with Crippen molar-refractivity contribution in [1.82, 2.24) is 14.8 Å². The molecule has 0 atom stereocenters. The van der Waals surface area contributed by atoms with Gasteiger partial charge in [0, 0.05) is 17.3 Å². The van der Waals surface area contributed by atoms with Gasteiger partial charge in [-0.2, -0.15) is 0 Å². The van der Waals surface area contributed by atoms with Gasteiger partial charge in [0.15, 0.2) is 16.7 Å². The Morgan fingerprint density at radius 2 is 2.00 bits per heavy atom. The summed E-state index contributed by atoms with van der Waals surface area (Å²) in [5.41, 5.74) is 1.18. The third-order valence-electron chi connectivity index (χ3n) is 5.23. The number of amides is 1. The Bertz CT molecular complexity index is 1020. The van der Waals surface area contributed by atoms with E-state index in [2.05, 4.69) is 20.1 Å². The highest BCUT2D eigenvalue weighted by molar-refractivity contribution is 7.99. The van der Waals surface area contributed by atoms with E-state index in [9.17, 15) is 9.59 Å². The van der Waals surface area contributed by atoms with Crippen LogP contribution in [0.4, 0.5) is 5.69 Å². The molecule has 0 bridgehead atoms. The highest BCUT2D eigenvalue weighted by Crippen LogP contribution is 2.35. The van der Waals surface area contributed by atoms with Gasteiger partial charge in [0.05, 0.1) is 12.0 Å². The van der Waals surface area contributed by atoms with Crippen molar-refractivity contribution >= 4 is 29.1 Å². The number of Topliss-reactive ketones (excluding diaryl/α,β-unsaturated/α-hetero) is 1. The van der Waals surface area contributed by atoms with Crippen LogP contribution in [0.3, 0.4) is 0 Å². The summed E-state index contributed by atoms with van der Waals surface area (Å²) in [6, 6.07) is 11.0. The smallest absolute Gasteiger partial charge is 0.234 e. The molecule has 4 rings (SSSR count). The van der Waals surface area contributed by atoms with Gasteiger partial charge in [-0.15, -0.1) is 10.2 Å². The van der Waals surface area contributed by atoms with E-state index in [0.29, 0.717) is 28.9 Å². The predicted molar refractivity (Wildman–Crippen MR) is 116 cm³/mol. The Kier molecular flexibility index (Phi) is 6.32. The second-order valence-corrected chi connectivity index (χ2v) is 8.36. The highest BCUT2D eigenvalue weighted by atomic mass is 32.2. The minimum absolute atomic E-state index is 0.0356. The lowest BCUT2D eigenvalue weighted by atomic mass is 9.95. The van der Waals surface area contributed by atoms with E-state index in [-0.39, 0.29) is 17.4 Å². The van der Waals surface area contributed by atoms with Gasteiger partial charge in [-0.05, 0) is 44.0 Å². The quantitative estimate of drug-likeness (QED) is 0.425. The minimum Gasteiger partial charge on any atom is -0.461 e. The molecule has 156 valence electrons. The molecule has 1 aliphatic rings. The number of benzene rings is 1. The molecule has 0 aliphatic heterocycles. The standard InChI is InChI=1S/C22H24N4O3S/c1-15(27)16-7-5-8-17(13-16)23-20(28)14-30-22-25-24-21(19-11-6-12-29-19)26(22)18-9-3-2-4-10-18/h5-8,11-13,18H,2-4,9-10,14H2,1H3,(H,23,28). The first-order valence-corrected chi connectivity index (χ1v) is 11.1. The van der Waals surface area contributed by atoms with Gasteiger partial charge < -0.3 is 9.73 Å². The number of nitrogens with zero attached hydrogens (tertiary/aromatic N) is 3. The first kappa shape index (κ1) is 20.4. The number of hydrogen-bond donors (Lipinski definition) is 1. The lowest BCUT2D eigenvalue weighted by Crippen LogP contribution is -2.17. The van der Waals surface area contributed by atoms with E-state index < -0.39 is 0 Å². The van der Waals surface area contributed by atoms with Gasteiger partial charge in [-0.3, -0.25) is 14.2 Å². The van der Waals surface area contributed by atoms with Crippen LogP contribution in [0.2, 0.25) is 0 Å². The SMILES string of the molecule is CC(=O)c1cccc(NC(=O)CSc2nnc(-c3ccco3)n2C2CCCCC2)c1.